The molecule has 0 atom stereocenters. The minimum Gasteiger partial charge on any atom is -0.478 e. The number of carboxylic acid groups (broad SMARTS) is 1. The SMILES string of the molecule is O=C(O)c1cc(Cl)nc(Nc2nc3c(s2)CCCC3)c1. The number of aryl methyl sites for hydroxylation is 2. The molecule has 0 unspecified atom stereocenters. The van der Waals surface area contributed by atoms with E-state index in [-0.39, 0.29) is 10.7 Å². The Hall–Kier alpha value is -1.66. The number of halogens is 1. The van der Waals surface area contributed by atoms with Gasteiger partial charge in [0.1, 0.15) is 11.0 Å². The van der Waals surface area contributed by atoms with Gasteiger partial charge in [0.25, 0.3) is 0 Å². The van der Waals surface area contributed by atoms with Crippen molar-refractivity contribution in [2.24, 2.45) is 0 Å². The molecule has 2 heterocycles. The minimum absolute atomic E-state index is 0.105. The van der Waals surface area contributed by atoms with E-state index in [1.165, 1.54) is 29.9 Å². The first kappa shape index (κ1) is 13.3. The van der Waals surface area contributed by atoms with Gasteiger partial charge in [-0.2, -0.15) is 0 Å². The zero-order valence-electron chi connectivity index (χ0n) is 10.5. The summed E-state index contributed by atoms with van der Waals surface area (Å²) >= 11 is 7.43. The van der Waals surface area contributed by atoms with Crippen molar-refractivity contribution in [1.82, 2.24) is 9.97 Å². The predicted molar refractivity (Wildman–Crippen MR) is 78.2 cm³/mol. The number of anilines is 2. The summed E-state index contributed by atoms with van der Waals surface area (Å²) < 4.78 is 0. The molecular formula is C13H12ClN3O2S. The maximum Gasteiger partial charge on any atom is 0.335 e. The number of hydrogen-bond donors (Lipinski definition) is 2. The first-order valence-electron chi connectivity index (χ1n) is 6.28. The lowest BCUT2D eigenvalue weighted by atomic mass is 10.0. The molecule has 0 saturated heterocycles. The summed E-state index contributed by atoms with van der Waals surface area (Å²) in [6.07, 6.45) is 4.46. The molecule has 2 aromatic heterocycles. The maximum absolute atomic E-state index is 11.0. The molecular weight excluding hydrogens is 298 g/mol. The molecule has 0 aliphatic heterocycles. The molecule has 0 radical (unpaired) electrons. The van der Waals surface area contributed by atoms with Crippen LogP contribution in [0.25, 0.3) is 0 Å². The van der Waals surface area contributed by atoms with Gasteiger partial charge in [-0.3, -0.25) is 0 Å². The summed E-state index contributed by atoms with van der Waals surface area (Å²) in [5.41, 5.74) is 1.25. The number of carboxylic acids is 1. The number of aromatic nitrogens is 2. The normalized spacial score (nSPS) is 13.8. The topological polar surface area (TPSA) is 75.1 Å². The molecule has 0 aromatic carbocycles. The number of fused-ring (bicyclic) bond motifs is 1. The van der Waals surface area contributed by atoms with E-state index < -0.39 is 5.97 Å². The van der Waals surface area contributed by atoms with E-state index in [1.807, 2.05) is 0 Å². The number of thiazole rings is 1. The number of nitrogens with one attached hydrogen (secondary N) is 1. The highest BCUT2D eigenvalue weighted by Crippen LogP contribution is 2.31. The number of hydrogen-bond acceptors (Lipinski definition) is 5. The summed E-state index contributed by atoms with van der Waals surface area (Å²) in [6, 6.07) is 2.77. The highest BCUT2D eigenvalue weighted by Gasteiger charge is 2.16. The first-order chi connectivity index (χ1) is 9.61. The van der Waals surface area contributed by atoms with Gasteiger partial charge in [0.2, 0.25) is 0 Å². The van der Waals surface area contributed by atoms with Crippen LogP contribution in [0.15, 0.2) is 12.1 Å². The molecule has 104 valence electrons. The van der Waals surface area contributed by atoms with Gasteiger partial charge in [-0.15, -0.1) is 11.3 Å². The van der Waals surface area contributed by atoms with Crippen LogP contribution < -0.4 is 5.32 Å². The Morgan fingerprint density at radius 1 is 1.30 bits per heavy atom. The highest BCUT2D eigenvalue weighted by atomic mass is 35.5. The molecule has 0 spiro atoms. The Bertz CT molecular complexity index is 648. The van der Waals surface area contributed by atoms with Gasteiger partial charge in [0, 0.05) is 4.88 Å². The molecule has 1 aliphatic rings. The second-order valence-corrected chi connectivity index (χ2v) is 6.06. The third kappa shape index (κ3) is 2.76. The second kappa shape index (κ2) is 5.38. The van der Waals surface area contributed by atoms with Crippen molar-refractivity contribution in [1.29, 1.82) is 0 Å². The minimum atomic E-state index is -1.03. The highest BCUT2D eigenvalue weighted by molar-refractivity contribution is 7.15. The van der Waals surface area contributed by atoms with Gasteiger partial charge in [-0.25, -0.2) is 14.8 Å². The summed E-state index contributed by atoms with van der Waals surface area (Å²) in [7, 11) is 0. The number of nitrogens with zero attached hydrogens (tertiary/aromatic N) is 2. The van der Waals surface area contributed by atoms with Crippen molar-refractivity contribution in [2.45, 2.75) is 25.7 Å². The van der Waals surface area contributed by atoms with E-state index in [0.29, 0.717) is 5.82 Å². The van der Waals surface area contributed by atoms with Gasteiger partial charge in [-0.05, 0) is 37.8 Å². The monoisotopic (exact) mass is 309 g/mol. The molecule has 2 N–H and O–H groups in total. The molecule has 0 saturated carbocycles. The Morgan fingerprint density at radius 3 is 2.85 bits per heavy atom. The van der Waals surface area contributed by atoms with Crippen LogP contribution >= 0.6 is 22.9 Å². The van der Waals surface area contributed by atoms with E-state index in [9.17, 15) is 4.79 Å². The number of rotatable bonds is 3. The summed E-state index contributed by atoms with van der Waals surface area (Å²) in [6.45, 7) is 0. The fourth-order valence-electron chi connectivity index (χ4n) is 2.20. The molecule has 0 fully saturated rings. The molecule has 7 heteroatoms. The van der Waals surface area contributed by atoms with Crippen molar-refractivity contribution in [3.63, 3.8) is 0 Å². The van der Waals surface area contributed by atoms with Crippen LogP contribution in [0.4, 0.5) is 10.9 Å². The lowest BCUT2D eigenvalue weighted by molar-refractivity contribution is 0.0697. The van der Waals surface area contributed by atoms with Gasteiger partial charge in [0.15, 0.2) is 5.13 Å². The van der Waals surface area contributed by atoms with E-state index in [2.05, 4.69) is 15.3 Å². The Balaban J connectivity index is 1.87. The van der Waals surface area contributed by atoms with Crippen molar-refractivity contribution in [3.8, 4) is 0 Å². The second-order valence-electron chi connectivity index (χ2n) is 4.59. The predicted octanol–water partition coefficient (Wildman–Crippen LogP) is 3.51. The number of aromatic carboxylic acids is 1. The van der Waals surface area contributed by atoms with Crippen molar-refractivity contribution in [2.75, 3.05) is 5.32 Å². The zero-order chi connectivity index (χ0) is 14.1. The van der Waals surface area contributed by atoms with Crippen LogP contribution in [0.2, 0.25) is 5.15 Å². The van der Waals surface area contributed by atoms with Crippen molar-refractivity contribution >= 4 is 39.9 Å². The number of pyridine rings is 1. The molecule has 5 nitrogen and oxygen atoms in total. The van der Waals surface area contributed by atoms with Crippen LogP contribution in [0.3, 0.4) is 0 Å². The van der Waals surface area contributed by atoms with Crippen LogP contribution in [0.5, 0.6) is 0 Å². The third-order valence-corrected chi connectivity index (χ3v) is 4.39. The molecule has 0 bridgehead atoms. The zero-order valence-corrected chi connectivity index (χ0v) is 12.1. The summed E-state index contributed by atoms with van der Waals surface area (Å²) in [5, 5.41) is 12.9. The van der Waals surface area contributed by atoms with Gasteiger partial charge >= 0.3 is 5.97 Å². The summed E-state index contributed by atoms with van der Waals surface area (Å²) in [5.74, 6) is -0.628. The average molecular weight is 310 g/mol. The molecule has 2 aromatic rings. The average Bonchev–Trinajstić information content (AvgIpc) is 2.79. The lowest BCUT2D eigenvalue weighted by Gasteiger charge is -2.06. The molecule has 20 heavy (non-hydrogen) atoms. The van der Waals surface area contributed by atoms with Crippen LogP contribution in [-0.4, -0.2) is 21.0 Å². The van der Waals surface area contributed by atoms with Gasteiger partial charge < -0.3 is 10.4 Å². The standard InChI is InChI=1S/C13H12ClN3O2S/c14-10-5-7(12(18)19)6-11(16-10)17-13-15-8-3-1-2-4-9(8)20-13/h5-6H,1-4H2,(H,18,19)(H,15,16,17). The molecule has 3 rings (SSSR count). The van der Waals surface area contributed by atoms with Crippen LogP contribution in [0, 0.1) is 0 Å². The molecule has 1 aliphatic carbocycles. The Labute approximate surface area is 124 Å². The Morgan fingerprint density at radius 2 is 2.10 bits per heavy atom. The van der Waals surface area contributed by atoms with Gasteiger partial charge in [-0.1, -0.05) is 11.6 Å². The smallest absolute Gasteiger partial charge is 0.335 e. The fraction of sp³-hybridized carbons (Fsp3) is 0.308. The van der Waals surface area contributed by atoms with Crippen molar-refractivity contribution < 1.29 is 9.90 Å². The molecule has 0 amide bonds. The first-order valence-corrected chi connectivity index (χ1v) is 7.48. The summed E-state index contributed by atoms with van der Waals surface area (Å²) in [4.78, 5) is 20.9. The van der Waals surface area contributed by atoms with E-state index >= 15 is 0 Å². The largest absolute Gasteiger partial charge is 0.478 e. The van der Waals surface area contributed by atoms with Crippen LogP contribution in [-0.2, 0) is 12.8 Å². The van der Waals surface area contributed by atoms with E-state index in [1.54, 1.807) is 11.3 Å². The maximum atomic E-state index is 11.0. The van der Waals surface area contributed by atoms with Gasteiger partial charge in [0.05, 0.1) is 11.3 Å². The van der Waals surface area contributed by atoms with E-state index in [0.717, 1.165) is 23.7 Å². The quantitative estimate of drug-likeness (QED) is 0.849. The number of carbonyl (C=O) groups is 1. The van der Waals surface area contributed by atoms with Crippen molar-refractivity contribution in [3.05, 3.63) is 33.4 Å². The van der Waals surface area contributed by atoms with E-state index in [4.69, 9.17) is 16.7 Å². The fourth-order valence-corrected chi connectivity index (χ4v) is 3.46. The lowest BCUT2D eigenvalue weighted by Crippen LogP contribution is -2.01. The van der Waals surface area contributed by atoms with Crippen LogP contribution in [0.1, 0.15) is 33.8 Å². The Kier molecular flexibility index (Phi) is 3.58. The third-order valence-electron chi connectivity index (χ3n) is 3.12.